The van der Waals surface area contributed by atoms with Gasteiger partial charge in [0.05, 0.1) is 6.10 Å². The van der Waals surface area contributed by atoms with Crippen LogP contribution in [-0.2, 0) is 11.2 Å². The molecule has 72 valence electrons. The third-order valence-electron chi connectivity index (χ3n) is 1.82. The Morgan fingerprint density at radius 3 is 2.85 bits per heavy atom. The molecule has 0 saturated heterocycles. The van der Waals surface area contributed by atoms with Crippen LogP contribution in [0.1, 0.15) is 12.5 Å². The zero-order chi connectivity index (χ0) is 9.84. The van der Waals surface area contributed by atoms with Gasteiger partial charge in [-0.15, -0.1) is 0 Å². The van der Waals surface area contributed by atoms with Crippen LogP contribution >= 0.6 is 11.6 Å². The SMILES string of the molecule is COC(C)Cc1c(N)ncnc1Cl. The maximum absolute atomic E-state index is 5.84. The highest BCUT2D eigenvalue weighted by molar-refractivity contribution is 6.30. The van der Waals surface area contributed by atoms with Crippen molar-refractivity contribution in [1.82, 2.24) is 9.97 Å². The molecule has 0 fully saturated rings. The number of halogens is 1. The lowest BCUT2D eigenvalue weighted by Gasteiger charge is -2.11. The molecule has 5 heteroatoms. The quantitative estimate of drug-likeness (QED) is 0.749. The minimum Gasteiger partial charge on any atom is -0.383 e. The molecule has 2 N–H and O–H groups in total. The van der Waals surface area contributed by atoms with Crippen molar-refractivity contribution < 1.29 is 4.74 Å². The van der Waals surface area contributed by atoms with Crippen molar-refractivity contribution >= 4 is 17.4 Å². The van der Waals surface area contributed by atoms with Crippen LogP contribution < -0.4 is 5.73 Å². The maximum atomic E-state index is 5.84. The number of hydrogen-bond donors (Lipinski definition) is 1. The van der Waals surface area contributed by atoms with Gasteiger partial charge in [-0.2, -0.15) is 0 Å². The van der Waals surface area contributed by atoms with Gasteiger partial charge in [0.1, 0.15) is 17.3 Å². The van der Waals surface area contributed by atoms with Crippen LogP contribution in [0.3, 0.4) is 0 Å². The van der Waals surface area contributed by atoms with Crippen molar-refractivity contribution in [2.75, 3.05) is 12.8 Å². The third-order valence-corrected chi connectivity index (χ3v) is 2.15. The first-order chi connectivity index (χ1) is 6.15. The van der Waals surface area contributed by atoms with Crippen LogP contribution in [0.15, 0.2) is 6.33 Å². The van der Waals surface area contributed by atoms with Gasteiger partial charge < -0.3 is 10.5 Å². The lowest BCUT2D eigenvalue weighted by molar-refractivity contribution is 0.119. The number of nitrogens with two attached hydrogens (primary N) is 1. The second-order valence-electron chi connectivity index (χ2n) is 2.78. The summed E-state index contributed by atoms with van der Waals surface area (Å²) in [6.45, 7) is 1.93. The van der Waals surface area contributed by atoms with Gasteiger partial charge >= 0.3 is 0 Å². The molecule has 1 rings (SSSR count). The number of nitrogen functional groups attached to an aromatic ring is 1. The van der Waals surface area contributed by atoms with Crippen molar-refractivity contribution in [2.24, 2.45) is 0 Å². The lowest BCUT2D eigenvalue weighted by Crippen LogP contribution is -2.12. The van der Waals surface area contributed by atoms with Crippen LogP contribution in [0, 0.1) is 0 Å². The molecule has 1 unspecified atom stereocenters. The highest BCUT2D eigenvalue weighted by atomic mass is 35.5. The van der Waals surface area contributed by atoms with Crippen LogP contribution in [0.2, 0.25) is 5.15 Å². The molecule has 0 saturated carbocycles. The van der Waals surface area contributed by atoms with E-state index >= 15 is 0 Å². The highest BCUT2D eigenvalue weighted by Crippen LogP contribution is 2.19. The average molecular weight is 202 g/mol. The molecule has 0 aromatic carbocycles. The first kappa shape index (κ1) is 10.2. The van der Waals surface area contributed by atoms with E-state index in [1.54, 1.807) is 7.11 Å². The number of nitrogens with zero attached hydrogens (tertiary/aromatic N) is 2. The molecule has 0 aliphatic carbocycles. The Morgan fingerprint density at radius 1 is 1.62 bits per heavy atom. The Kier molecular flexibility index (Phi) is 3.45. The van der Waals surface area contributed by atoms with E-state index in [1.165, 1.54) is 6.33 Å². The monoisotopic (exact) mass is 201 g/mol. The van der Waals surface area contributed by atoms with Crippen LogP contribution in [0.5, 0.6) is 0 Å². The van der Waals surface area contributed by atoms with Gasteiger partial charge in [-0.05, 0) is 6.92 Å². The molecule has 13 heavy (non-hydrogen) atoms. The molecule has 4 nitrogen and oxygen atoms in total. The van der Waals surface area contributed by atoms with Gasteiger partial charge in [0.2, 0.25) is 0 Å². The fourth-order valence-electron chi connectivity index (χ4n) is 0.963. The topological polar surface area (TPSA) is 61.0 Å². The van der Waals surface area contributed by atoms with Gasteiger partial charge in [-0.25, -0.2) is 9.97 Å². The number of anilines is 1. The Bertz CT molecular complexity index is 272. The average Bonchev–Trinajstić information content (AvgIpc) is 2.11. The van der Waals surface area contributed by atoms with Crippen molar-refractivity contribution in [3.8, 4) is 0 Å². The first-order valence-corrected chi connectivity index (χ1v) is 4.30. The van der Waals surface area contributed by atoms with Crippen LogP contribution in [0.4, 0.5) is 5.82 Å². The molecular formula is C8H12ClN3O. The Hall–Kier alpha value is -0.870. The van der Waals surface area contributed by atoms with E-state index in [9.17, 15) is 0 Å². The standard InChI is InChI=1S/C8H12ClN3O/c1-5(13-2)3-6-7(9)11-4-12-8(6)10/h4-5H,3H2,1-2H3,(H2,10,11,12). The van der Waals surface area contributed by atoms with Gasteiger partial charge in [-0.3, -0.25) is 0 Å². The van der Waals surface area contributed by atoms with Gasteiger partial charge in [0.15, 0.2) is 0 Å². The highest BCUT2D eigenvalue weighted by Gasteiger charge is 2.10. The fraction of sp³-hybridized carbons (Fsp3) is 0.500. The van der Waals surface area contributed by atoms with Crippen molar-refractivity contribution in [3.05, 3.63) is 17.0 Å². The largest absolute Gasteiger partial charge is 0.383 e. The van der Waals surface area contributed by atoms with Gasteiger partial charge in [-0.1, -0.05) is 11.6 Å². The van der Waals surface area contributed by atoms with E-state index < -0.39 is 0 Å². The molecule has 0 radical (unpaired) electrons. The van der Waals surface area contributed by atoms with E-state index in [2.05, 4.69) is 9.97 Å². The third kappa shape index (κ3) is 2.54. The summed E-state index contributed by atoms with van der Waals surface area (Å²) in [4.78, 5) is 7.70. The maximum Gasteiger partial charge on any atom is 0.137 e. The molecule has 0 amide bonds. The fourth-order valence-corrected chi connectivity index (χ4v) is 1.18. The molecule has 0 aliphatic rings. The molecule has 1 aromatic heterocycles. The molecule has 0 aliphatic heterocycles. The zero-order valence-electron chi connectivity index (χ0n) is 7.62. The minimum atomic E-state index is 0.0609. The minimum absolute atomic E-state index is 0.0609. The lowest BCUT2D eigenvalue weighted by atomic mass is 10.1. The van der Waals surface area contributed by atoms with E-state index in [0.29, 0.717) is 17.4 Å². The normalized spacial score (nSPS) is 12.8. The van der Waals surface area contributed by atoms with Gasteiger partial charge in [0, 0.05) is 19.1 Å². The molecular weight excluding hydrogens is 190 g/mol. The number of rotatable bonds is 3. The number of ether oxygens (including phenoxy) is 1. The van der Waals surface area contributed by atoms with Crippen molar-refractivity contribution in [2.45, 2.75) is 19.4 Å². The predicted molar refractivity (Wildman–Crippen MR) is 51.6 cm³/mol. The summed E-state index contributed by atoms with van der Waals surface area (Å²) in [5, 5.41) is 0.399. The summed E-state index contributed by atoms with van der Waals surface area (Å²) in [6, 6.07) is 0. The molecule has 1 atom stereocenters. The number of hydrogen-bond acceptors (Lipinski definition) is 4. The van der Waals surface area contributed by atoms with Crippen LogP contribution in [-0.4, -0.2) is 23.2 Å². The zero-order valence-corrected chi connectivity index (χ0v) is 8.38. The molecule has 1 heterocycles. The smallest absolute Gasteiger partial charge is 0.137 e. The summed E-state index contributed by atoms with van der Waals surface area (Å²) >= 11 is 5.84. The van der Waals surface area contributed by atoms with E-state index in [4.69, 9.17) is 22.1 Å². The first-order valence-electron chi connectivity index (χ1n) is 3.92. The number of aromatic nitrogens is 2. The summed E-state index contributed by atoms with van der Waals surface area (Å²) in [5.74, 6) is 0.420. The summed E-state index contributed by atoms with van der Waals surface area (Å²) in [5.41, 5.74) is 6.38. The summed E-state index contributed by atoms with van der Waals surface area (Å²) in [6.07, 6.45) is 2.03. The van der Waals surface area contributed by atoms with E-state index in [0.717, 1.165) is 5.56 Å². The van der Waals surface area contributed by atoms with Crippen molar-refractivity contribution in [3.63, 3.8) is 0 Å². The molecule has 0 bridgehead atoms. The molecule has 1 aromatic rings. The Labute approximate surface area is 82.1 Å². The number of methoxy groups -OCH3 is 1. The summed E-state index contributed by atoms with van der Waals surface area (Å²) in [7, 11) is 1.64. The second-order valence-corrected chi connectivity index (χ2v) is 3.14. The van der Waals surface area contributed by atoms with Crippen LogP contribution in [0.25, 0.3) is 0 Å². The van der Waals surface area contributed by atoms with Crippen molar-refractivity contribution in [1.29, 1.82) is 0 Å². The van der Waals surface area contributed by atoms with E-state index in [-0.39, 0.29) is 6.10 Å². The Morgan fingerprint density at radius 2 is 2.31 bits per heavy atom. The van der Waals surface area contributed by atoms with E-state index in [1.807, 2.05) is 6.92 Å². The molecule has 0 spiro atoms. The predicted octanol–water partition coefficient (Wildman–Crippen LogP) is 1.29. The second kappa shape index (κ2) is 4.39. The van der Waals surface area contributed by atoms with Gasteiger partial charge in [0.25, 0.3) is 0 Å². The Balaban J connectivity index is 2.87. The summed E-state index contributed by atoms with van der Waals surface area (Å²) < 4.78 is 5.09.